The first-order valence-electron chi connectivity index (χ1n) is 7.64. The van der Waals surface area contributed by atoms with E-state index in [1.165, 1.54) is 71.1 Å². The second kappa shape index (κ2) is 5.68. The molecule has 0 bridgehead atoms. The van der Waals surface area contributed by atoms with Gasteiger partial charge in [-0.15, -0.1) is 0 Å². The molecule has 0 spiro atoms. The van der Waals surface area contributed by atoms with Crippen LogP contribution in [0.15, 0.2) is 0 Å². The lowest BCUT2D eigenvalue weighted by Gasteiger charge is -2.33. The fourth-order valence-electron chi connectivity index (χ4n) is 3.88. The molecule has 0 aromatic rings. The topological polar surface area (TPSA) is 27.3 Å². The molecule has 3 aliphatic heterocycles. The van der Waals surface area contributed by atoms with Gasteiger partial charge in [-0.25, -0.2) is 0 Å². The average Bonchev–Trinajstić information content (AvgIpc) is 2.81. The van der Waals surface area contributed by atoms with Gasteiger partial charge in [-0.05, 0) is 45.2 Å². The molecule has 3 heterocycles. The van der Waals surface area contributed by atoms with Crippen LogP contribution in [0.3, 0.4) is 0 Å². The van der Waals surface area contributed by atoms with E-state index in [0.717, 1.165) is 18.1 Å². The minimum absolute atomic E-state index is 0.737. The first-order chi connectivity index (χ1) is 8.43. The Hall–Kier alpha value is -0.120. The van der Waals surface area contributed by atoms with E-state index >= 15 is 0 Å². The largest absolute Gasteiger partial charge is 0.313 e. The van der Waals surface area contributed by atoms with E-state index < -0.39 is 0 Å². The number of piperidine rings is 2. The third kappa shape index (κ3) is 2.83. The highest BCUT2D eigenvalue weighted by molar-refractivity contribution is 4.94. The molecule has 0 radical (unpaired) electrons. The quantitative estimate of drug-likeness (QED) is 0.776. The van der Waals surface area contributed by atoms with Crippen LogP contribution in [0, 0.1) is 0 Å². The predicted octanol–water partition coefficient (Wildman–Crippen LogP) is 1.34. The Morgan fingerprint density at radius 3 is 2.82 bits per heavy atom. The van der Waals surface area contributed by atoms with E-state index in [-0.39, 0.29) is 0 Å². The van der Waals surface area contributed by atoms with Gasteiger partial charge in [0.05, 0.1) is 0 Å². The van der Waals surface area contributed by atoms with Crippen molar-refractivity contribution in [3.8, 4) is 0 Å². The van der Waals surface area contributed by atoms with Crippen LogP contribution < -0.4 is 10.6 Å². The van der Waals surface area contributed by atoms with E-state index in [1.807, 2.05) is 0 Å². The Bertz CT molecular complexity index is 238. The minimum atomic E-state index is 0.737. The van der Waals surface area contributed by atoms with Gasteiger partial charge in [0.2, 0.25) is 0 Å². The van der Waals surface area contributed by atoms with E-state index in [0.29, 0.717) is 0 Å². The van der Waals surface area contributed by atoms with Crippen LogP contribution in [0.25, 0.3) is 0 Å². The fourth-order valence-corrected chi connectivity index (χ4v) is 3.88. The van der Waals surface area contributed by atoms with E-state index in [4.69, 9.17) is 0 Å². The third-order valence-corrected chi connectivity index (χ3v) is 4.89. The monoisotopic (exact) mass is 237 g/mol. The number of nitrogens with one attached hydrogen (secondary N) is 2. The Balaban J connectivity index is 1.45. The highest BCUT2D eigenvalue weighted by atomic mass is 15.2. The Labute approximate surface area is 105 Å². The molecule has 3 heteroatoms. The molecular weight excluding hydrogens is 210 g/mol. The van der Waals surface area contributed by atoms with E-state index in [1.54, 1.807) is 0 Å². The van der Waals surface area contributed by atoms with Gasteiger partial charge in [0.25, 0.3) is 0 Å². The molecule has 17 heavy (non-hydrogen) atoms. The molecule has 2 N–H and O–H groups in total. The van der Waals surface area contributed by atoms with Gasteiger partial charge >= 0.3 is 0 Å². The molecule has 0 aromatic heterocycles. The molecular formula is C14H27N3. The van der Waals surface area contributed by atoms with Gasteiger partial charge in [-0.1, -0.05) is 12.8 Å². The van der Waals surface area contributed by atoms with Crippen molar-refractivity contribution in [2.24, 2.45) is 0 Å². The van der Waals surface area contributed by atoms with Gasteiger partial charge in [-0.2, -0.15) is 0 Å². The molecule has 0 aromatic carbocycles. The van der Waals surface area contributed by atoms with Crippen molar-refractivity contribution in [3.63, 3.8) is 0 Å². The second-order valence-electron chi connectivity index (χ2n) is 6.05. The molecule has 98 valence electrons. The number of hydrogen-bond donors (Lipinski definition) is 2. The SMILES string of the molecule is C1CCC(CNC2CCN3CCCCC23)NC1. The Morgan fingerprint density at radius 2 is 1.94 bits per heavy atom. The molecule has 3 fully saturated rings. The smallest absolute Gasteiger partial charge is 0.0249 e. The predicted molar refractivity (Wildman–Crippen MR) is 71.3 cm³/mol. The van der Waals surface area contributed by atoms with Gasteiger partial charge in [0, 0.05) is 31.2 Å². The lowest BCUT2D eigenvalue weighted by molar-refractivity contribution is 0.178. The standard InChI is InChI=1S/C14H27N3/c1-3-8-15-12(5-1)11-16-13-7-10-17-9-4-2-6-14(13)17/h12-16H,1-11H2. The number of fused-ring (bicyclic) bond motifs is 1. The van der Waals surface area contributed by atoms with Crippen LogP contribution in [-0.2, 0) is 0 Å². The summed E-state index contributed by atoms with van der Waals surface area (Å²) in [7, 11) is 0. The first-order valence-corrected chi connectivity index (χ1v) is 7.64. The molecule has 0 amide bonds. The Kier molecular flexibility index (Phi) is 3.99. The summed E-state index contributed by atoms with van der Waals surface area (Å²) >= 11 is 0. The number of rotatable bonds is 3. The zero-order valence-corrected chi connectivity index (χ0v) is 11.0. The van der Waals surface area contributed by atoms with Crippen LogP contribution in [-0.4, -0.2) is 49.2 Å². The van der Waals surface area contributed by atoms with Crippen LogP contribution in [0.2, 0.25) is 0 Å². The maximum atomic E-state index is 3.85. The van der Waals surface area contributed by atoms with Crippen molar-refractivity contribution >= 4 is 0 Å². The van der Waals surface area contributed by atoms with Crippen LogP contribution in [0.4, 0.5) is 0 Å². The maximum absolute atomic E-state index is 3.85. The third-order valence-electron chi connectivity index (χ3n) is 4.89. The second-order valence-corrected chi connectivity index (χ2v) is 6.05. The van der Waals surface area contributed by atoms with Crippen molar-refractivity contribution in [2.45, 2.75) is 63.1 Å². The highest BCUT2D eigenvalue weighted by Gasteiger charge is 2.35. The fraction of sp³-hybridized carbons (Fsp3) is 1.00. The maximum Gasteiger partial charge on any atom is 0.0249 e. The van der Waals surface area contributed by atoms with Gasteiger partial charge in [0.15, 0.2) is 0 Å². The summed E-state index contributed by atoms with van der Waals surface area (Å²) in [6.45, 7) is 5.10. The summed E-state index contributed by atoms with van der Waals surface area (Å²) < 4.78 is 0. The molecule has 3 nitrogen and oxygen atoms in total. The van der Waals surface area contributed by atoms with Crippen LogP contribution in [0.5, 0.6) is 0 Å². The Morgan fingerprint density at radius 1 is 1.00 bits per heavy atom. The van der Waals surface area contributed by atoms with Crippen molar-refractivity contribution in [3.05, 3.63) is 0 Å². The molecule has 3 saturated heterocycles. The van der Waals surface area contributed by atoms with Crippen molar-refractivity contribution < 1.29 is 0 Å². The number of nitrogens with zero attached hydrogens (tertiary/aromatic N) is 1. The molecule has 3 aliphatic rings. The molecule has 0 aliphatic carbocycles. The van der Waals surface area contributed by atoms with Crippen molar-refractivity contribution in [1.29, 1.82) is 0 Å². The summed E-state index contributed by atoms with van der Waals surface area (Å²) in [5.74, 6) is 0. The van der Waals surface area contributed by atoms with Crippen molar-refractivity contribution in [1.82, 2.24) is 15.5 Å². The van der Waals surface area contributed by atoms with E-state index in [9.17, 15) is 0 Å². The van der Waals surface area contributed by atoms with Gasteiger partial charge in [-0.3, -0.25) is 4.90 Å². The summed E-state index contributed by atoms with van der Waals surface area (Å²) in [6, 6.07) is 2.37. The lowest BCUT2D eigenvalue weighted by Crippen LogP contribution is -2.49. The zero-order chi connectivity index (χ0) is 11.5. The summed E-state index contributed by atoms with van der Waals surface area (Å²) in [4.78, 5) is 2.72. The van der Waals surface area contributed by atoms with Gasteiger partial charge in [0.1, 0.15) is 0 Å². The summed E-state index contributed by atoms with van der Waals surface area (Å²) in [6.07, 6.45) is 9.82. The van der Waals surface area contributed by atoms with Crippen molar-refractivity contribution in [2.75, 3.05) is 26.2 Å². The average molecular weight is 237 g/mol. The normalized spacial score (nSPS) is 39.2. The lowest BCUT2D eigenvalue weighted by atomic mass is 9.98. The minimum Gasteiger partial charge on any atom is -0.313 e. The van der Waals surface area contributed by atoms with E-state index in [2.05, 4.69) is 15.5 Å². The number of hydrogen-bond acceptors (Lipinski definition) is 3. The van der Waals surface area contributed by atoms with Crippen LogP contribution >= 0.6 is 0 Å². The summed E-state index contributed by atoms with van der Waals surface area (Å²) in [5.41, 5.74) is 0. The van der Waals surface area contributed by atoms with Gasteiger partial charge < -0.3 is 10.6 Å². The summed E-state index contributed by atoms with van der Waals surface area (Å²) in [5, 5.41) is 7.49. The molecule has 3 rings (SSSR count). The highest BCUT2D eigenvalue weighted by Crippen LogP contribution is 2.27. The first kappa shape index (κ1) is 11.9. The zero-order valence-electron chi connectivity index (χ0n) is 11.0. The van der Waals surface area contributed by atoms with Crippen LogP contribution in [0.1, 0.15) is 44.9 Å². The molecule has 0 saturated carbocycles. The molecule has 3 unspecified atom stereocenters. The molecule has 3 atom stereocenters.